The maximum absolute atomic E-state index is 6.34. The van der Waals surface area contributed by atoms with Crippen LogP contribution in [-0.4, -0.2) is 8.32 Å². The molecule has 0 bridgehead atoms. The van der Waals surface area contributed by atoms with Crippen molar-refractivity contribution in [2.45, 2.75) is 51.6 Å². The largest absolute Gasteiger partial charge is 0.396 e. The van der Waals surface area contributed by atoms with Crippen LogP contribution in [0, 0.1) is 0 Å². The molecule has 0 spiro atoms. The monoisotopic (exact) mass is 285 g/mol. The van der Waals surface area contributed by atoms with Gasteiger partial charge < -0.3 is 10.2 Å². The second-order valence-corrected chi connectivity index (χ2v) is 11.6. The second-order valence-electron chi connectivity index (χ2n) is 6.48. The van der Waals surface area contributed by atoms with Crippen molar-refractivity contribution in [3.8, 4) is 0 Å². The molecule has 1 atom stereocenters. The van der Waals surface area contributed by atoms with Crippen LogP contribution in [0.3, 0.4) is 0 Å². The van der Waals surface area contributed by atoms with Gasteiger partial charge in [0.1, 0.15) is 5.72 Å². The lowest BCUT2D eigenvalue weighted by molar-refractivity contribution is 0.0769. The van der Waals surface area contributed by atoms with Crippen LogP contribution in [0.25, 0.3) is 0 Å². The third kappa shape index (κ3) is 3.57. The smallest absolute Gasteiger partial charge is 0.194 e. The molecule has 1 aromatic carbocycles. The van der Waals surface area contributed by atoms with E-state index in [1.54, 1.807) is 0 Å². The van der Waals surface area contributed by atoms with E-state index >= 15 is 0 Å². The zero-order valence-corrected chi connectivity index (χ0v) is 13.9. The fraction of sp³-hybridized carbons (Fsp3) is 0.571. The minimum absolute atomic E-state index is 0.131. The first-order valence-electron chi connectivity index (χ1n) is 6.21. The Kier molecular flexibility index (Phi) is 4.33. The summed E-state index contributed by atoms with van der Waals surface area (Å²) in [6, 6.07) is 7.57. The Morgan fingerprint density at radius 1 is 1.17 bits per heavy atom. The third-order valence-corrected chi connectivity index (χ3v) is 8.45. The van der Waals surface area contributed by atoms with Gasteiger partial charge in [-0.1, -0.05) is 44.5 Å². The van der Waals surface area contributed by atoms with E-state index in [1.807, 2.05) is 31.2 Å². The predicted molar refractivity (Wildman–Crippen MR) is 81.3 cm³/mol. The van der Waals surface area contributed by atoms with Gasteiger partial charge in [-0.25, -0.2) is 0 Å². The van der Waals surface area contributed by atoms with Crippen LogP contribution in [0.5, 0.6) is 0 Å². The minimum atomic E-state index is -1.91. The Bertz CT molecular complexity index is 424. The molecule has 1 aromatic rings. The van der Waals surface area contributed by atoms with E-state index in [1.165, 1.54) is 0 Å². The molecule has 0 saturated carbocycles. The summed E-state index contributed by atoms with van der Waals surface area (Å²) in [6.45, 7) is 12.9. The van der Waals surface area contributed by atoms with Gasteiger partial charge in [-0.15, -0.1) is 0 Å². The first-order valence-corrected chi connectivity index (χ1v) is 9.49. The number of hydrogen-bond acceptors (Lipinski definition) is 2. The molecule has 0 aromatic heterocycles. The van der Waals surface area contributed by atoms with Crippen molar-refractivity contribution in [1.29, 1.82) is 0 Å². The summed E-state index contributed by atoms with van der Waals surface area (Å²) in [4.78, 5) is 0. The van der Waals surface area contributed by atoms with Crippen LogP contribution in [0.2, 0.25) is 23.2 Å². The van der Waals surface area contributed by atoms with Gasteiger partial charge in [-0.3, -0.25) is 0 Å². The molecule has 0 saturated heterocycles. The standard InChI is InChI=1S/C14H24ClNOSi/c1-13(2,3)18(5,6)17-14(4,16)11-8-7-9-12(15)10-11/h7-10H,16H2,1-6H3. The summed E-state index contributed by atoms with van der Waals surface area (Å²) in [5, 5.41) is 0.814. The lowest BCUT2D eigenvalue weighted by Gasteiger charge is -2.42. The molecule has 4 heteroatoms. The summed E-state index contributed by atoms with van der Waals surface area (Å²) in [5.41, 5.74) is 6.46. The van der Waals surface area contributed by atoms with Crippen molar-refractivity contribution in [1.82, 2.24) is 0 Å². The Morgan fingerprint density at radius 3 is 2.17 bits per heavy atom. The number of halogens is 1. The highest BCUT2D eigenvalue weighted by Crippen LogP contribution is 2.40. The van der Waals surface area contributed by atoms with E-state index in [4.69, 9.17) is 21.8 Å². The highest BCUT2D eigenvalue weighted by atomic mass is 35.5. The van der Waals surface area contributed by atoms with Crippen LogP contribution in [0.4, 0.5) is 0 Å². The maximum Gasteiger partial charge on any atom is 0.194 e. The lowest BCUT2D eigenvalue weighted by atomic mass is 10.1. The van der Waals surface area contributed by atoms with E-state index in [2.05, 4.69) is 33.9 Å². The lowest BCUT2D eigenvalue weighted by Crippen LogP contribution is -2.51. The second kappa shape index (κ2) is 4.97. The Balaban J connectivity index is 3.02. The van der Waals surface area contributed by atoms with E-state index in [9.17, 15) is 0 Å². The molecular formula is C14H24ClNOSi. The van der Waals surface area contributed by atoms with Gasteiger partial charge in [-0.2, -0.15) is 0 Å². The Labute approximate surface area is 117 Å². The molecule has 0 heterocycles. The van der Waals surface area contributed by atoms with Crippen molar-refractivity contribution in [2.24, 2.45) is 5.73 Å². The predicted octanol–water partition coefficient (Wildman–Crippen LogP) is 4.49. The first-order chi connectivity index (χ1) is 7.96. The average Bonchev–Trinajstić information content (AvgIpc) is 2.14. The summed E-state index contributed by atoms with van der Waals surface area (Å²) in [7, 11) is -1.91. The van der Waals surface area contributed by atoms with E-state index in [-0.39, 0.29) is 5.04 Å². The van der Waals surface area contributed by atoms with Crippen molar-refractivity contribution in [2.75, 3.05) is 0 Å². The Hall–Kier alpha value is -0.353. The normalized spacial score (nSPS) is 16.4. The van der Waals surface area contributed by atoms with Crippen LogP contribution < -0.4 is 5.73 Å². The molecule has 0 fully saturated rings. The van der Waals surface area contributed by atoms with E-state index in [0.29, 0.717) is 5.02 Å². The average molecular weight is 286 g/mol. The molecule has 102 valence electrons. The van der Waals surface area contributed by atoms with Crippen molar-refractivity contribution in [3.63, 3.8) is 0 Å². The number of nitrogens with two attached hydrogens (primary N) is 1. The SMILES string of the molecule is CC(N)(O[Si](C)(C)C(C)(C)C)c1cccc(Cl)c1. The van der Waals surface area contributed by atoms with Gasteiger partial charge in [0.15, 0.2) is 8.32 Å². The molecule has 0 aliphatic carbocycles. The summed E-state index contributed by atoms with van der Waals surface area (Å²) < 4.78 is 6.29. The highest BCUT2D eigenvalue weighted by Gasteiger charge is 2.42. The van der Waals surface area contributed by atoms with E-state index < -0.39 is 14.0 Å². The molecule has 2 N–H and O–H groups in total. The number of rotatable bonds is 3. The van der Waals surface area contributed by atoms with Gasteiger partial charge in [-0.05, 0) is 42.8 Å². The molecule has 18 heavy (non-hydrogen) atoms. The quantitative estimate of drug-likeness (QED) is 0.656. The van der Waals surface area contributed by atoms with Gasteiger partial charge in [0.2, 0.25) is 0 Å². The maximum atomic E-state index is 6.34. The zero-order chi connectivity index (χ0) is 14.2. The Morgan fingerprint density at radius 2 is 1.72 bits per heavy atom. The zero-order valence-electron chi connectivity index (χ0n) is 12.2. The molecule has 1 rings (SSSR count). The van der Waals surface area contributed by atoms with Crippen LogP contribution >= 0.6 is 11.6 Å². The summed E-state index contributed by atoms with van der Waals surface area (Å²) in [5.74, 6) is 0. The van der Waals surface area contributed by atoms with Gasteiger partial charge in [0.25, 0.3) is 0 Å². The van der Waals surface area contributed by atoms with E-state index in [0.717, 1.165) is 5.56 Å². The molecule has 0 amide bonds. The molecule has 1 unspecified atom stereocenters. The highest BCUT2D eigenvalue weighted by molar-refractivity contribution is 6.74. The summed E-state index contributed by atoms with van der Waals surface area (Å²) in [6.07, 6.45) is 0. The molecule has 2 nitrogen and oxygen atoms in total. The van der Waals surface area contributed by atoms with Crippen LogP contribution in [0.15, 0.2) is 24.3 Å². The van der Waals surface area contributed by atoms with Crippen molar-refractivity contribution < 1.29 is 4.43 Å². The minimum Gasteiger partial charge on any atom is -0.396 e. The van der Waals surface area contributed by atoms with Crippen molar-refractivity contribution >= 4 is 19.9 Å². The summed E-state index contributed by atoms with van der Waals surface area (Å²) >= 11 is 6.01. The number of benzene rings is 1. The van der Waals surface area contributed by atoms with Crippen molar-refractivity contribution in [3.05, 3.63) is 34.9 Å². The fourth-order valence-corrected chi connectivity index (χ4v) is 3.21. The number of hydrogen-bond donors (Lipinski definition) is 1. The van der Waals surface area contributed by atoms with Gasteiger partial charge in [0, 0.05) is 5.02 Å². The molecule has 0 radical (unpaired) electrons. The van der Waals surface area contributed by atoms with Gasteiger partial charge in [0.05, 0.1) is 0 Å². The van der Waals surface area contributed by atoms with Gasteiger partial charge >= 0.3 is 0 Å². The topological polar surface area (TPSA) is 35.2 Å². The van der Waals surface area contributed by atoms with Crippen LogP contribution in [-0.2, 0) is 10.2 Å². The molecule has 0 aliphatic heterocycles. The first kappa shape index (κ1) is 15.7. The molecule has 0 aliphatic rings. The molecular weight excluding hydrogens is 262 g/mol. The third-order valence-electron chi connectivity index (χ3n) is 3.67. The fourth-order valence-electron chi connectivity index (χ4n) is 1.54. The van der Waals surface area contributed by atoms with Crippen LogP contribution in [0.1, 0.15) is 33.3 Å².